The highest BCUT2D eigenvalue weighted by Gasteiger charge is 2.10. The zero-order valence-electron chi connectivity index (χ0n) is 10.5. The number of methoxy groups -OCH3 is 1. The van der Waals surface area contributed by atoms with Crippen LogP contribution in [0.3, 0.4) is 0 Å². The maximum atomic E-state index is 12.1. The standard InChI is InChI=1S/C13H12BrIN2O2/c1-8-16-6-11(15)13(18)17(8)7-9-5-10(14)3-4-12(9)19-2/h3-6H,7H2,1-2H3. The molecule has 0 atom stereocenters. The summed E-state index contributed by atoms with van der Waals surface area (Å²) in [6.07, 6.45) is 1.59. The molecule has 0 fully saturated rings. The molecule has 100 valence electrons. The molecule has 1 heterocycles. The Morgan fingerprint density at radius 1 is 1.47 bits per heavy atom. The quantitative estimate of drug-likeness (QED) is 0.697. The first-order chi connectivity index (χ1) is 9.02. The Labute approximate surface area is 133 Å². The van der Waals surface area contributed by atoms with Crippen LogP contribution in [0.2, 0.25) is 0 Å². The molecule has 2 rings (SSSR count). The van der Waals surface area contributed by atoms with Gasteiger partial charge in [-0.2, -0.15) is 0 Å². The third-order valence-corrected chi connectivity index (χ3v) is 4.01. The number of hydrogen-bond donors (Lipinski definition) is 0. The molecule has 0 aliphatic rings. The van der Waals surface area contributed by atoms with E-state index in [-0.39, 0.29) is 5.56 Å². The lowest BCUT2D eigenvalue weighted by Gasteiger charge is -2.13. The van der Waals surface area contributed by atoms with E-state index in [4.69, 9.17) is 4.74 Å². The Bertz CT molecular complexity index is 670. The van der Waals surface area contributed by atoms with E-state index in [1.165, 1.54) is 0 Å². The van der Waals surface area contributed by atoms with Gasteiger partial charge >= 0.3 is 0 Å². The first-order valence-electron chi connectivity index (χ1n) is 5.57. The Hall–Kier alpha value is -0.890. The molecule has 0 unspecified atom stereocenters. The Morgan fingerprint density at radius 3 is 2.89 bits per heavy atom. The van der Waals surface area contributed by atoms with Crippen LogP contribution in [0.5, 0.6) is 5.75 Å². The summed E-state index contributed by atoms with van der Waals surface area (Å²) in [6.45, 7) is 2.26. The van der Waals surface area contributed by atoms with Gasteiger partial charge in [0.05, 0.1) is 17.2 Å². The molecule has 2 aromatic rings. The molecule has 4 nitrogen and oxygen atoms in total. The second-order valence-electron chi connectivity index (χ2n) is 4.00. The minimum atomic E-state index is -0.0323. The normalized spacial score (nSPS) is 10.5. The molecule has 0 aliphatic carbocycles. The summed E-state index contributed by atoms with van der Waals surface area (Å²) in [5, 5.41) is 0. The SMILES string of the molecule is COc1ccc(Br)cc1Cn1c(C)ncc(I)c1=O. The third kappa shape index (κ3) is 3.17. The smallest absolute Gasteiger partial charge is 0.267 e. The Morgan fingerprint density at radius 2 is 2.21 bits per heavy atom. The lowest BCUT2D eigenvalue weighted by Crippen LogP contribution is -2.26. The molecule has 6 heteroatoms. The Balaban J connectivity index is 2.50. The number of hydrogen-bond acceptors (Lipinski definition) is 3. The highest BCUT2D eigenvalue weighted by atomic mass is 127. The van der Waals surface area contributed by atoms with Crippen molar-refractivity contribution in [3.05, 3.63) is 54.2 Å². The highest BCUT2D eigenvalue weighted by Crippen LogP contribution is 2.23. The van der Waals surface area contributed by atoms with E-state index < -0.39 is 0 Å². The first-order valence-corrected chi connectivity index (χ1v) is 7.44. The van der Waals surface area contributed by atoms with Crippen LogP contribution in [0.4, 0.5) is 0 Å². The topological polar surface area (TPSA) is 44.1 Å². The largest absolute Gasteiger partial charge is 0.496 e. The van der Waals surface area contributed by atoms with Crippen molar-refractivity contribution in [3.8, 4) is 5.75 Å². The number of halogens is 2. The fourth-order valence-electron chi connectivity index (χ4n) is 1.78. The lowest BCUT2D eigenvalue weighted by atomic mass is 10.2. The molecule has 0 bridgehead atoms. The van der Waals surface area contributed by atoms with Crippen LogP contribution in [-0.4, -0.2) is 16.7 Å². The van der Waals surface area contributed by atoms with Crippen molar-refractivity contribution >= 4 is 38.5 Å². The van der Waals surface area contributed by atoms with Gasteiger partial charge < -0.3 is 4.74 Å². The van der Waals surface area contributed by atoms with Crippen molar-refractivity contribution in [2.24, 2.45) is 0 Å². The lowest BCUT2D eigenvalue weighted by molar-refractivity contribution is 0.407. The van der Waals surface area contributed by atoms with E-state index in [0.717, 1.165) is 15.8 Å². The fourth-order valence-corrected chi connectivity index (χ4v) is 2.62. The van der Waals surface area contributed by atoms with E-state index in [1.807, 2.05) is 47.7 Å². The molecular weight excluding hydrogens is 423 g/mol. The number of aryl methyl sites for hydroxylation is 1. The third-order valence-electron chi connectivity index (χ3n) is 2.78. The van der Waals surface area contributed by atoms with Crippen molar-refractivity contribution in [3.63, 3.8) is 0 Å². The molecule has 0 radical (unpaired) electrons. The molecule has 0 aliphatic heterocycles. The van der Waals surface area contributed by atoms with Crippen molar-refractivity contribution < 1.29 is 4.74 Å². The van der Waals surface area contributed by atoms with Crippen LogP contribution in [0.15, 0.2) is 33.7 Å². The minimum Gasteiger partial charge on any atom is -0.496 e. The molecular formula is C13H12BrIN2O2. The number of ether oxygens (including phenoxy) is 1. The van der Waals surface area contributed by atoms with Crippen LogP contribution >= 0.6 is 38.5 Å². The second kappa shape index (κ2) is 6.04. The molecule has 0 saturated carbocycles. The van der Waals surface area contributed by atoms with Gasteiger partial charge in [0.1, 0.15) is 11.6 Å². The first kappa shape index (κ1) is 14.5. The average molecular weight is 435 g/mol. The minimum absolute atomic E-state index is 0.0323. The summed E-state index contributed by atoms with van der Waals surface area (Å²) in [5.41, 5.74) is 0.904. The Kier molecular flexibility index (Phi) is 4.62. The predicted molar refractivity (Wildman–Crippen MR) is 85.7 cm³/mol. The molecule has 0 amide bonds. The fraction of sp³-hybridized carbons (Fsp3) is 0.231. The zero-order chi connectivity index (χ0) is 14.0. The zero-order valence-corrected chi connectivity index (χ0v) is 14.2. The number of nitrogens with zero attached hydrogens (tertiary/aromatic N) is 2. The number of rotatable bonds is 3. The summed E-state index contributed by atoms with van der Waals surface area (Å²) >= 11 is 5.43. The molecule has 0 spiro atoms. The second-order valence-corrected chi connectivity index (χ2v) is 6.08. The van der Waals surface area contributed by atoms with Gasteiger partial charge in [-0.25, -0.2) is 4.98 Å². The van der Waals surface area contributed by atoms with Crippen LogP contribution < -0.4 is 10.3 Å². The van der Waals surface area contributed by atoms with Gasteiger partial charge in [0, 0.05) is 16.2 Å². The number of aromatic nitrogens is 2. The predicted octanol–water partition coefficient (Wildman–Crippen LogP) is 2.98. The summed E-state index contributed by atoms with van der Waals surface area (Å²) in [6, 6.07) is 5.73. The maximum Gasteiger partial charge on any atom is 0.267 e. The molecule has 0 N–H and O–H groups in total. The van der Waals surface area contributed by atoms with Gasteiger partial charge in [0.15, 0.2) is 0 Å². The summed E-state index contributed by atoms with van der Waals surface area (Å²) in [4.78, 5) is 16.4. The van der Waals surface area contributed by atoms with Crippen molar-refractivity contribution in [1.82, 2.24) is 9.55 Å². The van der Waals surface area contributed by atoms with E-state index in [1.54, 1.807) is 17.9 Å². The number of benzene rings is 1. The van der Waals surface area contributed by atoms with E-state index in [9.17, 15) is 4.79 Å². The van der Waals surface area contributed by atoms with Gasteiger partial charge in [-0.15, -0.1) is 0 Å². The van der Waals surface area contributed by atoms with Gasteiger partial charge in [0.25, 0.3) is 5.56 Å². The van der Waals surface area contributed by atoms with Crippen molar-refractivity contribution in [2.45, 2.75) is 13.5 Å². The maximum absolute atomic E-state index is 12.1. The van der Waals surface area contributed by atoms with Crippen LogP contribution in [0, 0.1) is 10.5 Å². The van der Waals surface area contributed by atoms with E-state index in [0.29, 0.717) is 15.9 Å². The summed E-state index contributed by atoms with van der Waals surface area (Å²) < 4.78 is 8.53. The van der Waals surface area contributed by atoms with Crippen molar-refractivity contribution in [1.29, 1.82) is 0 Å². The summed E-state index contributed by atoms with van der Waals surface area (Å²) in [7, 11) is 1.62. The molecule has 1 aromatic heterocycles. The van der Waals surface area contributed by atoms with Crippen LogP contribution in [0.1, 0.15) is 11.4 Å². The molecule has 0 saturated heterocycles. The van der Waals surface area contributed by atoms with Crippen molar-refractivity contribution in [2.75, 3.05) is 7.11 Å². The van der Waals surface area contributed by atoms with Gasteiger partial charge in [0.2, 0.25) is 0 Å². The van der Waals surface area contributed by atoms with Gasteiger partial charge in [-0.05, 0) is 47.7 Å². The van der Waals surface area contributed by atoms with Gasteiger partial charge in [-0.3, -0.25) is 9.36 Å². The van der Waals surface area contributed by atoms with Crippen LogP contribution in [0.25, 0.3) is 0 Å². The van der Waals surface area contributed by atoms with E-state index >= 15 is 0 Å². The van der Waals surface area contributed by atoms with Crippen LogP contribution in [-0.2, 0) is 6.54 Å². The van der Waals surface area contributed by atoms with Gasteiger partial charge in [-0.1, -0.05) is 15.9 Å². The molecule has 19 heavy (non-hydrogen) atoms. The molecule has 1 aromatic carbocycles. The highest BCUT2D eigenvalue weighted by molar-refractivity contribution is 14.1. The monoisotopic (exact) mass is 434 g/mol. The van der Waals surface area contributed by atoms with E-state index in [2.05, 4.69) is 20.9 Å². The average Bonchev–Trinajstić information content (AvgIpc) is 2.39. The summed E-state index contributed by atoms with van der Waals surface area (Å²) in [5.74, 6) is 1.45.